The van der Waals surface area contributed by atoms with Crippen LogP contribution in [0.3, 0.4) is 0 Å². The number of hydrogen-bond donors (Lipinski definition) is 0. The average Bonchev–Trinajstić information content (AvgIpc) is 4.20. The monoisotopic (exact) mass is 1080 g/mol. The van der Waals surface area contributed by atoms with Crippen molar-refractivity contribution < 1.29 is 4.74 Å². The quantitative estimate of drug-likeness (QED) is 0.117. The molecule has 0 fully saturated rings. The molecule has 12 rings (SSSR count). The molecule has 0 amide bonds. The topological polar surface area (TPSA) is 9.23 Å². The molecule has 0 unspecified atom stereocenters. The van der Waals surface area contributed by atoms with Gasteiger partial charge in [0.2, 0.25) is 0 Å². The number of benzene rings is 10. The van der Waals surface area contributed by atoms with Crippen molar-refractivity contribution in [3.63, 3.8) is 0 Å². The Bertz CT molecular complexity index is 3630. The van der Waals surface area contributed by atoms with Gasteiger partial charge in [-0.3, -0.25) is 0 Å². The molecule has 0 bridgehead atoms. The number of methoxy groups -OCH3 is 1. The molecule has 0 aliphatic heterocycles. The Balaban J connectivity index is 0.000000182. The number of ether oxygens (including phenoxy) is 1. The van der Waals surface area contributed by atoms with E-state index in [4.69, 9.17) is 4.74 Å². The van der Waals surface area contributed by atoms with E-state index in [0.717, 1.165) is 5.75 Å². The average molecular weight is 1080 g/mol. The van der Waals surface area contributed by atoms with Crippen molar-refractivity contribution in [1.82, 2.24) is 0 Å². The molecule has 0 radical (unpaired) electrons. The van der Waals surface area contributed by atoms with Gasteiger partial charge in [0.1, 0.15) is 5.75 Å². The molecule has 10 aromatic rings. The lowest BCUT2D eigenvalue weighted by Crippen LogP contribution is -2.32. The summed E-state index contributed by atoms with van der Waals surface area (Å²) >= 11 is 0. The summed E-state index contributed by atoms with van der Waals surface area (Å²) in [5.41, 5.74) is 20.9. The molecule has 4 heteroatoms. The van der Waals surface area contributed by atoms with Crippen molar-refractivity contribution in [2.45, 2.75) is 93.4 Å². The first-order valence-electron chi connectivity index (χ1n) is 28.1. The normalized spacial score (nSPS) is 14.4. The Morgan fingerprint density at radius 3 is 1.16 bits per heavy atom. The highest BCUT2D eigenvalue weighted by atomic mass is 31.1. The zero-order valence-corrected chi connectivity index (χ0v) is 50.5. The molecule has 0 saturated heterocycles. The summed E-state index contributed by atoms with van der Waals surface area (Å²) in [7, 11) is -0.565. The molecular weight excluding hydrogens is 1010 g/mol. The molecule has 1 spiro atoms. The van der Waals surface area contributed by atoms with E-state index < -0.39 is 23.8 Å². The number of aryl methyl sites for hydroxylation is 11. The number of hydrogen-bond acceptors (Lipinski definition) is 1. The Morgan fingerprint density at radius 2 is 0.696 bits per heavy atom. The van der Waals surface area contributed by atoms with E-state index in [1.807, 2.05) is 7.11 Å². The highest BCUT2D eigenvalue weighted by molar-refractivity contribution is 7.81. The molecule has 10 aromatic carbocycles. The molecule has 0 aromatic heterocycles. The summed E-state index contributed by atoms with van der Waals surface area (Å²) in [5, 5.41) is 12.6. The van der Waals surface area contributed by atoms with Crippen molar-refractivity contribution in [3.8, 4) is 16.9 Å². The summed E-state index contributed by atoms with van der Waals surface area (Å²) in [4.78, 5) is 0. The van der Waals surface area contributed by atoms with Crippen molar-refractivity contribution >= 4 is 71.5 Å². The second-order valence-corrected chi connectivity index (χ2v) is 29.0. The first-order valence-corrected chi connectivity index (χ1v) is 32.1. The van der Waals surface area contributed by atoms with E-state index in [1.165, 1.54) is 129 Å². The van der Waals surface area contributed by atoms with Gasteiger partial charge < -0.3 is 4.74 Å². The van der Waals surface area contributed by atoms with Gasteiger partial charge in [0, 0.05) is 11.0 Å². The highest BCUT2D eigenvalue weighted by Gasteiger charge is 2.47. The van der Waals surface area contributed by atoms with Gasteiger partial charge in [-0.1, -0.05) is 251 Å². The van der Waals surface area contributed by atoms with E-state index >= 15 is 0 Å². The molecule has 0 heterocycles. The predicted octanol–water partition coefficient (Wildman–Crippen LogP) is 15.3. The number of rotatable bonds is 11. The van der Waals surface area contributed by atoms with Gasteiger partial charge >= 0.3 is 0 Å². The summed E-state index contributed by atoms with van der Waals surface area (Å²) in [6, 6.07) is 80.5. The first-order chi connectivity index (χ1) is 38.3. The van der Waals surface area contributed by atoms with Crippen molar-refractivity contribution in [3.05, 3.63) is 285 Å². The van der Waals surface area contributed by atoms with Crippen molar-refractivity contribution in [2.75, 3.05) is 7.11 Å². The zero-order chi connectivity index (χ0) is 55.0. The van der Waals surface area contributed by atoms with Gasteiger partial charge in [-0.15, -0.1) is 0 Å². The maximum absolute atomic E-state index is 6.30. The van der Waals surface area contributed by atoms with Crippen LogP contribution in [-0.2, 0) is 18.3 Å². The van der Waals surface area contributed by atoms with Crippen LogP contribution in [0.4, 0.5) is 0 Å². The molecule has 2 aliphatic carbocycles. The molecule has 0 saturated carbocycles. The molecule has 1 nitrogen and oxygen atoms in total. The minimum absolute atomic E-state index is 0.191. The third-order valence-electron chi connectivity index (χ3n) is 16.1. The maximum Gasteiger partial charge on any atom is 0.127 e. The fourth-order valence-electron chi connectivity index (χ4n) is 13.4. The van der Waals surface area contributed by atoms with E-state index in [1.54, 1.807) is 27.6 Å². The summed E-state index contributed by atoms with van der Waals surface area (Å²) in [6.45, 7) is 20.1. The van der Waals surface area contributed by atoms with Crippen LogP contribution < -0.4 is 52.5 Å². The van der Waals surface area contributed by atoms with Gasteiger partial charge in [-0.25, -0.2) is 0 Å². The van der Waals surface area contributed by atoms with Crippen molar-refractivity contribution in [1.29, 1.82) is 0 Å². The van der Waals surface area contributed by atoms with Crippen LogP contribution in [0.5, 0.6) is 5.75 Å². The van der Waals surface area contributed by atoms with Crippen LogP contribution in [0.2, 0.25) is 0 Å². The second kappa shape index (κ2) is 23.2. The van der Waals surface area contributed by atoms with E-state index in [9.17, 15) is 0 Å². The van der Waals surface area contributed by atoms with Crippen LogP contribution in [0.25, 0.3) is 11.1 Å². The Kier molecular flexibility index (Phi) is 15.9. The lowest BCUT2D eigenvalue weighted by atomic mass is 9.75. The van der Waals surface area contributed by atoms with Crippen LogP contribution in [0.15, 0.2) is 212 Å². The first kappa shape index (κ1) is 54.3. The number of fused-ring (bicyclic) bond motifs is 4. The largest absolute Gasteiger partial charge is 0.496 e. The molecule has 2 aliphatic rings. The molecule has 394 valence electrons. The molecule has 0 N–H and O–H groups in total. The Hall–Kier alpha value is -6.71. The van der Waals surface area contributed by atoms with Gasteiger partial charge in [-0.05, 0) is 199 Å². The lowest BCUT2D eigenvalue weighted by molar-refractivity contribution is 0.417. The summed E-state index contributed by atoms with van der Waals surface area (Å²) in [6.07, 6.45) is 4.91. The minimum atomic E-state index is -0.911. The van der Waals surface area contributed by atoms with E-state index in [-0.39, 0.29) is 5.41 Å². The third kappa shape index (κ3) is 11.0. The smallest absolute Gasteiger partial charge is 0.127 e. The SMILES string of the molecule is COc1cccc(P(c2cc(C)cc(C)c2)c2cc(C)cc(C)c2)c1-c1ccccc1P(c1cc(C)cc(C)c1)c1cc(C)cc(C)c1.Cc1cccc2c1[C@]1(CC2)CCc2cccc(P(c3ccccc3)c3ccccc3)c21. The molecule has 79 heavy (non-hydrogen) atoms. The van der Waals surface area contributed by atoms with E-state index in [2.05, 4.69) is 275 Å². The fraction of sp³-hybridized carbons (Fsp3) is 0.200. The summed E-state index contributed by atoms with van der Waals surface area (Å²) in [5.74, 6) is 0.914. The van der Waals surface area contributed by atoms with Gasteiger partial charge in [0.05, 0.1) is 7.11 Å². The zero-order valence-electron chi connectivity index (χ0n) is 47.8. The standard InChI is InChI=1S/C45H46OP2.C30H27P/c1-29-17-30(2)22-37(21-29)47(38-23-31(3)18-32(4)24-38)43-15-11-10-13-41(43)45-42(46-9)14-12-16-44(45)48(39-25-33(5)19-34(6)26-39)40-27-35(7)20-36(8)28-40;1-22-10-8-11-23-18-20-30(28(22)23)21-19-24-12-9-17-27(29(24)30)31(25-13-4-2-5-14-25)26-15-6-3-7-16-26/h10-28H,1-9H3;2-17H,18-21H2,1H3/t;30-/m.0/s1. The van der Waals surface area contributed by atoms with Crippen LogP contribution in [-0.4, -0.2) is 7.11 Å². The minimum Gasteiger partial charge on any atom is -0.496 e. The maximum atomic E-state index is 6.30. The molecular formula is C75H73OP3. The van der Waals surface area contributed by atoms with Crippen LogP contribution in [0.1, 0.15) is 85.2 Å². The van der Waals surface area contributed by atoms with Crippen molar-refractivity contribution in [2.24, 2.45) is 0 Å². The highest BCUT2D eigenvalue weighted by Crippen LogP contribution is 2.55. The third-order valence-corrected chi connectivity index (χ3v) is 23.4. The lowest BCUT2D eigenvalue weighted by Gasteiger charge is -2.33. The van der Waals surface area contributed by atoms with Gasteiger partial charge in [-0.2, -0.15) is 0 Å². The Labute approximate surface area is 475 Å². The second-order valence-electron chi connectivity index (χ2n) is 22.4. The fourth-order valence-corrected chi connectivity index (χ4v) is 21.7. The summed E-state index contributed by atoms with van der Waals surface area (Å²) < 4.78 is 6.30. The van der Waals surface area contributed by atoms with Crippen LogP contribution in [0, 0.1) is 62.3 Å². The van der Waals surface area contributed by atoms with Crippen LogP contribution >= 0.6 is 23.8 Å². The predicted molar refractivity (Wildman–Crippen MR) is 347 cm³/mol. The molecule has 1 atom stereocenters. The van der Waals surface area contributed by atoms with Gasteiger partial charge in [0.15, 0.2) is 0 Å². The van der Waals surface area contributed by atoms with E-state index in [0.29, 0.717) is 0 Å². The Morgan fingerprint density at radius 1 is 0.329 bits per heavy atom. The van der Waals surface area contributed by atoms with Gasteiger partial charge in [0.25, 0.3) is 0 Å².